The molecule has 0 aliphatic carbocycles. The van der Waals surface area contributed by atoms with Crippen LogP contribution in [0, 0.1) is 6.92 Å². The molecule has 2 N–H and O–H groups in total. The Morgan fingerprint density at radius 1 is 1.44 bits per heavy atom. The van der Waals surface area contributed by atoms with Crippen LogP contribution in [-0.2, 0) is 12.6 Å². The van der Waals surface area contributed by atoms with Crippen LogP contribution in [0.3, 0.4) is 0 Å². The number of H-pyrrole nitrogens is 1. The summed E-state index contributed by atoms with van der Waals surface area (Å²) in [5.74, 6) is -0.483. The molecule has 3 aromatic heterocycles. The molecule has 25 heavy (non-hydrogen) atoms. The van der Waals surface area contributed by atoms with E-state index in [2.05, 4.69) is 30.8 Å². The fraction of sp³-hybridized carbons (Fsp3) is 0.308. The molecule has 0 aliphatic rings. The van der Waals surface area contributed by atoms with Crippen molar-refractivity contribution in [2.24, 2.45) is 0 Å². The maximum absolute atomic E-state index is 13.0. The summed E-state index contributed by atoms with van der Waals surface area (Å²) in [6.07, 6.45) is -2.56. The Hall–Kier alpha value is -2.76. The van der Waals surface area contributed by atoms with Crippen LogP contribution >= 0.6 is 11.3 Å². The smallest absolute Gasteiger partial charge is 0.350 e. The predicted molar refractivity (Wildman–Crippen MR) is 81.4 cm³/mol. The number of aromatic nitrogens is 6. The summed E-state index contributed by atoms with van der Waals surface area (Å²) in [5.41, 5.74) is -0.0130. The highest BCUT2D eigenvalue weighted by atomic mass is 32.1. The van der Waals surface area contributed by atoms with E-state index in [9.17, 15) is 18.0 Å². The van der Waals surface area contributed by atoms with E-state index in [1.807, 2.05) is 0 Å². The Kier molecular flexibility index (Phi) is 4.53. The molecular formula is C13H12F3N7OS. The van der Waals surface area contributed by atoms with E-state index in [0.717, 1.165) is 17.4 Å². The second kappa shape index (κ2) is 6.63. The van der Waals surface area contributed by atoms with Gasteiger partial charge in [-0.05, 0) is 13.0 Å². The van der Waals surface area contributed by atoms with Crippen molar-refractivity contribution in [3.63, 3.8) is 0 Å². The van der Waals surface area contributed by atoms with E-state index in [0.29, 0.717) is 23.3 Å². The van der Waals surface area contributed by atoms with E-state index in [-0.39, 0.29) is 16.5 Å². The lowest BCUT2D eigenvalue weighted by Gasteiger charge is -2.07. The SMILES string of the molecule is Cc1cc(C(F)(F)F)n(-c2nc(C(=O)NCCc3cn[nH]n3)cs2)n1. The first-order valence-electron chi connectivity index (χ1n) is 7.07. The monoisotopic (exact) mass is 371 g/mol. The summed E-state index contributed by atoms with van der Waals surface area (Å²) in [4.78, 5) is 16.0. The molecule has 0 atom stereocenters. The largest absolute Gasteiger partial charge is 0.433 e. The molecule has 1 amide bonds. The van der Waals surface area contributed by atoms with Crippen molar-refractivity contribution in [1.29, 1.82) is 0 Å². The van der Waals surface area contributed by atoms with Gasteiger partial charge in [-0.2, -0.15) is 33.7 Å². The van der Waals surface area contributed by atoms with Crippen molar-refractivity contribution in [3.05, 3.63) is 40.4 Å². The molecule has 12 heteroatoms. The fourth-order valence-corrected chi connectivity index (χ4v) is 2.82. The van der Waals surface area contributed by atoms with Crippen LogP contribution in [0.1, 0.15) is 27.6 Å². The first-order chi connectivity index (χ1) is 11.8. The van der Waals surface area contributed by atoms with E-state index < -0.39 is 17.8 Å². The summed E-state index contributed by atoms with van der Waals surface area (Å²) >= 11 is 0.907. The summed E-state index contributed by atoms with van der Waals surface area (Å²) in [6, 6.07) is 0.930. The summed E-state index contributed by atoms with van der Waals surface area (Å²) < 4.78 is 39.8. The van der Waals surface area contributed by atoms with Crippen molar-refractivity contribution in [2.45, 2.75) is 19.5 Å². The van der Waals surface area contributed by atoms with Crippen LogP contribution in [0.5, 0.6) is 0 Å². The third-order valence-corrected chi connectivity index (χ3v) is 3.98. The van der Waals surface area contributed by atoms with Gasteiger partial charge < -0.3 is 5.32 Å². The zero-order valence-corrected chi connectivity index (χ0v) is 13.6. The van der Waals surface area contributed by atoms with Gasteiger partial charge in [0, 0.05) is 18.3 Å². The van der Waals surface area contributed by atoms with Gasteiger partial charge in [0.1, 0.15) is 5.69 Å². The maximum atomic E-state index is 13.0. The molecule has 0 aliphatic heterocycles. The Morgan fingerprint density at radius 3 is 2.92 bits per heavy atom. The average molecular weight is 371 g/mol. The minimum absolute atomic E-state index is 0.0259. The van der Waals surface area contributed by atoms with E-state index >= 15 is 0 Å². The van der Waals surface area contributed by atoms with Crippen LogP contribution in [0.2, 0.25) is 0 Å². The standard InChI is InChI=1S/C13H12F3N7OS/c1-7-4-10(13(14,15)16)23(21-7)12-19-9(6-25-12)11(24)17-3-2-8-5-18-22-20-8/h4-6H,2-3H2,1H3,(H,17,24)(H,18,20,22). The van der Waals surface area contributed by atoms with Gasteiger partial charge in [0.25, 0.3) is 5.91 Å². The Labute approximate surface area is 143 Å². The number of alkyl halides is 3. The number of hydrogen-bond acceptors (Lipinski definition) is 6. The van der Waals surface area contributed by atoms with Crippen molar-refractivity contribution >= 4 is 17.2 Å². The summed E-state index contributed by atoms with van der Waals surface area (Å²) in [6.45, 7) is 1.75. The van der Waals surface area contributed by atoms with Crippen LogP contribution in [0.25, 0.3) is 5.13 Å². The Bertz CT molecular complexity index is 869. The zero-order valence-electron chi connectivity index (χ0n) is 12.8. The van der Waals surface area contributed by atoms with Crippen molar-refractivity contribution in [1.82, 2.24) is 35.5 Å². The van der Waals surface area contributed by atoms with Crippen LogP contribution in [0.15, 0.2) is 17.6 Å². The lowest BCUT2D eigenvalue weighted by Crippen LogP contribution is -2.26. The van der Waals surface area contributed by atoms with Crippen LogP contribution in [0.4, 0.5) is 13.2 Å². The normalized spacial score (nSPS) is 11.7. The summed E-state index contributed by atoms with van der Waals surface area (Å²) in [5, 5.41) is 17.7. The number of rotatable bonds is 5. The first kappa shape index (κ1) is 17.1. The van der Waals surface area contributed by atoms with Gasteiger partial charge in [-0.1, -0.05) is 0 Å². The van der Waals surface area contributed by atoms with E-state index in [1.54, 1.807) is 0 Å². The highest BCUT2D eigenvalue weighted by Gasteiger charge is 2.36. The number of carbonyl (C=O) groups excluding carboxylic acids is 1. The van der Waals surface area contributed by atoms with Crippen LogP contribution < -0.4 is 5.32 Å². The lowest BCUT2D eigenvalue weighted by molar-refractivity contribution is -0.142. The van der Waals surface area contributed by atoms with Crippen molar-refractivity contribution in [3.8, 4) is 5.13 Å². The Morgan fingerprint density at radius 2 is 2.24 bits per heavy atom. The highest BCUT2D eigenvalue weighted by Crippen LogP contribution is 2.32. The van der Waals surface area contributed by atoms with Gasteiger partial charge in [0.2, 0.25) is 5.13 Å². The molecule has 0 saturated heterocycles. The molecule has 3 heterocycles. The van der Waals surface area contributed by atoms with Gasteiger partial charge in [-0.25, -0.2) is 9.67 Å². The minimum Gasteiger partial charge on any atom is -0.350 e. The van der Waals surface area contributed by atoms with Gasteiger partial charge in [-0.15, -0.1) is 11.3 Å². The van der Waals surface area contributed by atoms with Gasteiger partial charge in [0.15, 0.2) is 5.69 Å². The molecule has 0 aromatic carbocycles. The second-order valence-corrected chi connectivity index (χ2v) is 5.90. The number of aromatic amines is 1. The molecule has 8 nitrogen and oxygen atoms in total. The van der Waals surface area contributed by atoms with Crippen molar-refractivity contribution in [2.75, 3.05) is 6.54 Å². The third-order valence-electron chi connectivity index (χ3n) is 3.16. The van der Waals surface area contributed by atoms with Crippen LogP contribution in [-0.4, -0.2) is 42.6 Å². The van der Waals surface area contributed by atoms with Gasteiger partial charge in [0.05, 0.1) is 17.6 Å². The van der Waals surface area contributed by atoms with E-state index in [4.69, 9.17) is 0 Å². The topological polar surface area (TPSA) is 101 Å². The molecule has 3 rings (SSSR count). The molecule has 3 aromatic rings. The zero-order chi connectivity index (χ0) is 18.0. The molecular weight excluding hydrogens is 359 g/mol. The van der Waals surface area contributed by atoms with Crippen molar-refractivity contribution < 1.29 is 18.0 Å². The number of amides is 1. The molecule has 132 valence electrons. The first-order valence-corrected chi connectivity index (χ1v) is 7.95. The predicted octanol–water partition coefficient (Wildman–Crippen LogP) is 1.75. The van der Waals surface area contributed by atoms with E-state index in [1.165, 1.54) is 18.5 Å². The number of thiazole rings is 1. The number of aryl methyl sites for hydroxylation is 1. The molecule has 0 fully saturated rings. The van der Waals surface area contributed by atoms with Gasteiger partial charge >= 0.3 is 6.18 Å². The number of nitrogens with zero attached hydrogens (tertiary/aromatic N) is 5. The number of hydrogen-bond donors (Lipinski definition) is 2. The number of nitrogens with one attached hydrogen (secondary N) is 2. The molecule has 0 unspecified atom stereocenters. The molecule has 0 spiro atoms. The molecule has 0 bridgehead atoms. The average Bonchev–Trinajstić information content (AvgIpc) is 3.25. The quantitative estimate of drug-likeness (QED) is 0.711. The third kappa shape index (κ3) is 3.84. The van der Waals surface area contributed by atoms with Gasteiger partial charge in [-0.3, -0.25) is 4.79 Å². The summed E-state index contributed by atoms with van der Waals surface area (Å²) in [7, 11) is 0. The lowest BCUT2D eigenvalue weighted by atomic mass is 10.3. The number of carbonyl (C=O) groups is 1. The number of halogens is 3. The maximum Gasteiger partial charge on any atom is 0.433 e. The fourth-order valence-electron chi connectivity index (χ4n) is 2.05. The Balaban J connectivity index is 1.71. The minimum atomic E-state index is -4.56. The highest BCUT2D eigenvalue weighted by molar-refractivity contribution is 7.12. The molecule has 0 radical (unpaired) electrons. The molecule has 0 saturated carbocycles. The second-order valence-electron chi connectivity index (χ2n) is 5.06.